The van der Waals surface area contributed by atoms with Crippen molar-refractivity contribution in [2.75, 3.05) is 12.4 Å². The van der Waals surface area contributed by atoms with Crippen molar-refractivity contribution in [3.63, 3.8) is 0 Å². The monoisotopic (exact) mass is 291 g/mol. The maximum atomic E-state index is 13.3. The third-order valence-corrected chi connectivity index (χ3v) is 2.99. The van der Waals surface area contributed by atoms with Crippen LogP contribution in [0.5, 0.6) is 0 Å². The summed E-state index contributed by atoms with van der Waals surface area (Å²) in [6.45, 7) is 3.37. The van der Waals surface area contributed by atoms with E-state index >= 15 is 0 Å². The summed E-state index contributed by atoms with van der Waals surface area (Å²) in [5.74, 6) is -1.71. The van der Waals surface area contributed by atoms with Crippen LogP contribution >= 0.6 is 0 Å². The average molecular weight is 291 g/mol. The molecule has 0 bridgehead atoms. The molecule has 1 aromatic carbocycles. The van der Waals surface area contributed by atoms with Gasteiger partial charge in [-0.1, -0.05) is 0 Å². The molecule has 0 radical (unpaired) electrons. The summed E-state index contributed by atoms with van der Waals surface area (Å²) in [7, 11) is 1.21. The largest absolute Gasteiger partial charge is 0.465 e. The van der Waals surface area contributed by atoms with Crippen LogP contribution in [0.15, 0.2) is 18.2 Å². The summed E-state index contributed by atoms with van der Waals surface area (Å²) in [5.41, 5.74) is 1.58. The summed E-state index contributed by atoms with van der Waals surface area (Å²) in [4.78, 5) is 23.9. The maximum absolute atomic E-state index is 13.3. The zero-order chi connectivity index (χ0) is 15.6. The number of aromatic amines is 1. The van der Waals surface area contributed by atoms with Crippen molar-refractivity contribution in [2.45, 2.75) is 13.8 Å². The summed E-state index contributed by atoms with van der Waals surface area (Å²) < 4.78 is 17.9. The molecule has 1 heterocycles. The van der Waals surface area contributed by atoms with Crippen LogP contribution in [0.2, 0.25) is 0 Å². The van der Waals surface area contributed by atoms with E-state index in [0.717, 1.165) is 12.1 Å². The SMILES string of the molecule is COC(=O)c1ccc(F)cc1NC(=O)c1c(C)n[nH]c1C. The fourth-order valence-electron chi connectivity index (χ4n) is 1.98. The van der Waals surface area contributed by atoms with Gasteiger partial charge in [-0.05, 0) is 32.0 Å². The Morgan fingerprint density at radius 1 is 1.33 bits per heavy atom. The Kier molecular flexibility index (Phi) is 4.02. The number of anilines is 1. The molecule has 0 spiro atoms. The molecule has 0 saturated carbocycles. The second kappa shape index (κ2) is 5.74. The number of aryl methyl sites for hydroxylation is 2. The van der Waals surface area contributed by atoms with Crippen LogP contribution in [0.3, 0.4) is 0 Å². The number of amides is 1. The Balaban J connectivity index is 2.37. The van der Waals surface area contributed by atoms with Gasteiger partial charge in [0.2, 0.25) is 0 Å². The van der Waals surface area contributed by atoms with E-state index < -0.39 is 17.7 Å². The second-order valence-corrected chi connectivity index (χ2v) is 4.44. The van der Waals surface area contributed by atoms with E-state index in [1.165, 1.54) is 13.2 Å². The Labute approximate surface area is 120 Å². The van der Waals surface area contributed by atoms with E-state index in [4.69, 9.17) is 0 Å². The number of halogens is 1. The summed E-state index contributed by atoms with van der Waals surface area (Å²) in [6.07, 6.45) is 0. The van der Waals surface area contributed by atoms with Crippen molar-refractivity contribution in [1.29, 1.82) is 0 Å². The minimum atomic E-state index is -0.661. The predicted molar refractivity (Wildman–Crippen MR) is 73.8 cm³/mol. The van der Waals surface area contributed by atoms with Crippen molar-refractivity contribution in [3.8, 4) is 0 Å². The molecule has 1 amide bonds. The molecule has 0 aliphatic rings. The number of hydrogen-bond acceptors (Lipinski definition) is 4. The van der Waals surface area contributed by atoms with E-state index in [1.807, 2.05) is 0 Å². The molecule has 0 unspecified atom stereocenters. The number of benzene rings is 1. The van der Waals surface area contributed by atoms with Crippen molar-refractivity contribution >= 4 is 17.6 Å². The Morgan fingerprint density at radius 2 is 2.05 bits per heavy atom. The first kappa shape index (κ1) is 14.7. The fraction of sp³-hybridized carbons (Fsp3) is 0.214. The molecule has 0 fully saturated rings. The molecule has 110 valence electrons. The first-order valence-corrected chi connectivity index (χ1v) is 6.14. The van der Waals surface area contributed by atoms with Gasteiger partial charge in [0.15, 0.2) is 0 Å². The minimum Gasteiger partial charge on any atom is -0.465 e. The lowest BCUT2D eigenvalue weighted by Crippen LogP contribution is -2.17. The number of ether oxygens (including phenoxy) is 1. The van der Waals surface area contributed by atoms with Crippen molar-refractivity contribution in [3.05, 3.63) is 46.5 Å². The first-order chi connectivity index (χ1) is 9.93. The molecule has 0 aliphatic carbocycles. The van der Waals surface area contributed by atoms with Gasteiger partial charge < -0.3 is 10.1 Å². The third-order valence-electron chi connectivity index (χ3n) is 2.99. The summed E-state index contributed by atoms with van der Waals surface area (Å²) in [5, 5.41) is 9.12. The smallest absolute Gasteiger partial charge is 0.339 e. The standard InChI is InChI=1S/C14H14FN3O3/c1-7-12(8(2)18-17-7)13(19)16-11-6-9(15)4-5-10(11)14(20)21-3/h4-6H,1-3H3,(H,16,19)(H,17,18). The van der Waals surface area contributed by atoms with Crippen molar-refractivity contribution in [1.82, 2.24) is 10.2 Å². The molecular formula is C14H14FN3O3. The highest BCUT2D eigenvalue weighted by Gasteiger charge is 2.19. The summed E-state index contributed by atoms with van der Waals surface area (Å²) >= 11 is 0. The molecular weight excluding hydrogens is 277 g/mol. The van der Waals surface area contributed by atoms with E-state index in [0.29, 0.717) is 17.0 Å². The molecule has 0 aliphatic heterocycles. The quantitative estimate of drug-likeness (QED) is 0.849. The van der Waals surface area contributed by atoms with Crippen molar-refractivity contribution in [2.24, 2.45) is 0 Å². The molecule has 21 heavy (non-hydrogen) atoms. The number of rotatable bonds is 3. The zero-order valence-corrected chi connectivity index (χ0v) is 11.8. The molecule has 0 saturated heterocycles. The van der Waals surface area contributed by atoms with Crippen LogP contribution in [0, 0.1) is 19.7 Å². The van der Waals surface area contributed by atoms with Gasteiger partial charge in [0.25, 0.3) is 5.91 Å². The van der Waals surface area contributed by atoms with E-state index in [2.05, 4.69) is 20.3 Å². The number of nitrogens with zero attached hydrogens (tertiary/aromatic N) is 1. The van der Waals surface area contributed by atoms with Crippen LogP contribution in [0.1, 0.15) is 32.1 Å². The van der Waals surface area contributed by atoms with Gasteiger partial charge in [-0.3, -0.25) is 9.89 Å². The average Bonchev–Trinajstić information content (AvgIpc) is 2.77. The number of esters is 1. The van der Waals surface area contributed by atoms with Crippen molar-refractivity contribution < 1.29 is 18.7 Å². The lowest BCUT2D eigenvalue weighted by atomic mass is 10.1. The van der Waals surface area contributed by atoms with E-state index in [1.54, 1.807) is 13.8 Å². The van der Waals surface area contributed by atoms with E-state index in [-0.39, 0.29) is 11.3 Å². The second-order valence-electron chi connectivity index (χ2n) is 4.44. The maximum Gasteiger partial charge on any atom is 0.339 e. The van der Waals surface area contributed by atoms with Crippen LogP contribution in [0.25, 0.3) is 0 Å². The Hall–Kier alpha value is -2.70. The predicted octanol–water partition coefficient (Wildman–Crippen LogP) is 2.20. The number of carbonyl (C=O) groups excluding carboxylic acids is 2. The number of carbonyl (C=O) groups is 2. The number of hydrogen-bond donors (Lipinski definition) is 2. The van der Waals surface area contributed by atoms with E-state index in [9.17, 15) is 14.0 Å². The number of aromatic nitrogens is 2. The highest BCUT2D eigenvalue weighted by atomic mass is 19.1. The lowest BCUT2D eigenvalue weighted by Gasteiger charge is -2.10. The van der Waals surface area contributed by atoms with Gasteiger partial charge in [0, 0.05) is 5.69 Å². The number of H-pyrrole nitrogens is 1. The van der Waals surface area contributed by atoms with Gasteiger partial charge in [-0.2, -0.15) is 5.10 Å². The van der Waals surface area contributed by atoms with Crippen LogP contribution < -0.4 is 5.32 Å². The molecule has 6 nitrogen and oxygen atoms in total. The van der Waals surface area contributed by atoms with Crippen LogP contribution in [-0.4, -0.2) is 29.2 Å². The third kappa shape index (κ3) is 2.91. The van der Waals surface area contributed by atoms with Crippen LogP contribution in [-0.2, 0) is 4.74 Å². The molecule has 0 atom stereocenters. The van der Waals surface area contributed by atoms with Gasteiger partial charge in [0.05, 0.1) is 29.6 Å². The highest BCUT2D eigenvalue weighted by molar-refractivity contribution is 6.09. The van der Waals surface area contributed by atoms with Crippen LogP contribution in [0.4, 0.5) is 10.1 Å². The Morgan fingerprint density at radius 3 is 2.62 bits per heavy atom. The molecule has 1 aromatic heterocycles. The van der Waals surface area contributed by atoms with Gasteiger partial charge in [-0.25, -0.2) is 9.18 Å². The van der Waals surface area contributed by atoms with Gasteiger partial charge in [0.1, 0.15) is 5.82 Å². The molecule has 2 rings (SSSR count). The first-order valence-electron chi connectivity index (χ1n) is 6.14. The van der Waals surface area contributed by atoms with Gasteiger partial charge >= 0.3 is 5.97 Å². The zero-order valence-electron chi connectivity index (χ0n) is 11.8. The highest BCUT2D eigenvalue weighted by Crippen LogP contribution is 2.20. The summed E-state index contributed by atoms with van der Waals surface area (Å²) in [6, 6.07) is 3.44. The lowest BCUT2D eigenvalue weighted by molar-refractivity contribution is 0.0602. The fourth-order valence-corrected chi connectivity index (χ4v) is 1.98. The molecule has 2 N–H and O–H groups in total. The molecule has 2 aromatic rings. The Bertz CT molecular complexity index is 690. The van der Waals surface area contributed by atoms with Gasteiger partial charge in [-0.15, -0.1) is 0 Å². The molecule has 7 heteroatoms. The number of methoxy groups -OCH3 is 1. The number of nitrogens with one attached hydrogen (secondary N) is 2. The minimum absolute atomic E-state index is 0.0480. The normalized spacial score (nSPS) is 10.3. The topological polar surface area (TPSA) is 84.1 Å².